The van der Waals surface area contributed by atoms with Crippen molar-refractivity contribution >= 4 is 34.1 Å². The standard InChI is InChI=1S/C42H42F6N8O10/c43-41(44,45)33-23-31(54(59)60)3-5-35(33)52-50-29-1-7-37(57)27(21-29)25-39-9-13-63-17-19-65-15-11-40(56(39)49,12-16-66-20-18-64-14-10-39)26-28-22-30(2-8-38(28)58)51-53-36-6-4-32(55(61)62)24-34(36)42(46,47)48/h1-8,21-24,57-58H,9-20,25-26H2/b52-50+,53-51+. The fourth-order valence-electron chi connectivity index (χ4n) is 7.76. The van der Waals surface area contributed by atoms with E-state index in [0.29, 0.717) is 12.1 Å². The van der Waals surface area contributed by atoms with Crippen molar-refractivity contribution < 1.29 is 70.0 Å². The summed E-state index contributed by atoms with van der Waals surface area (Å²) in [5.41, 5.74) is 4.68. The normalized spacial score (nSPS) is 20.7. The summed E-state index contributed by atoms with van der Waals surface area (Å²) in [5.74, 6) is -0.550. The number of alkyl halides is 6. The van der Waals surface area contributed by atoms with Crippen LogP contribution in [0.25, 0.3) is 5.53 Å². The number of hydrogen-bond donors (Lipinski definition) is 2. The van der Waals surface area contributed by atoms with Crippen LogP contribution in [0.15, 0.2) is 93.3 Å². The number of ether oxygens (including phenoxy) is 4. The molecular formula is C42H42F6N8O10. The van der Waals surface area contributed by atoms with Crippen LogP contribution in [-0.4, -0.2) is 88.7 Å². The van der Waals surface area contributed by atoms with Crippen LogP contribution in [0.3, 0.4) is 0 Å². The Morgan fingerprint density at radius 2 is 0.909 bits per heavy atom. The number of aromatic hydroxyl groups is 2. The molecule has 352 valence electrons. The number of nitrogens with zero attached hydrogens (tertiary/aromatic N) is 8. The summed E-state index contributed by atoms with van der Waals surface area (Å²) >= 11 is 0. The van der Waals surface area contributed by atoms with Crippen molar-refractivity contribution in [3.63, 3.8) is 0 Å². The second-order valence-corrected chi connectivity index (χ2v) is 15.5. The molecular weight excluding hydrogens is 890 g/mol. The number of non-ortho nitro benzene ring substituents is 2. The Labute approximate surface area is 371 Å². The Hall–Kier alpha value is -6.50. The highest BCUT2D eigenvalue weighted by Gasteiger charge is 2.50. The molecule has 18 nitrogen and oxygen atoms in total. The second kappa shape index (κ2) is 20.8. The van der Waals surface area contributed by atoms with Crippen molar-refractivity contribution in [2.45, 2.75) is 62.0 Å². The van der Waals surface area contributed by atoms with E-state index in [1.807, 2.05) is 0 Å². The van der Waals surface area contributed by atoms with Gasteiger partial charge >= 0.3 is 12.4 Å². The molecule has 0 unspecified atom stereocenters. The van der Waals surface area contributed by atoms with Crippen LogP contribution in [0.5, 0.6) is 11.5 Å². The van der Waals surface area contributed by atoms with Crippen molar-refractivity contribution in [3.8, 4) is 11.5 Å². The third-order valence-corrected chi connectivity index (χ3v) is 11.2. The minimum absolute atomic E-state index is 0.0176. The largest absolute Gasteiger partial charge is 0.508 e. The molecule has 2 aliphatic heterocycles. The molecule has 2 N–H and O–H groups in total. The van der Waals surface area contributed by atoms with Crippen molar-refractivity contribution in [2.24, 2.45) is 20.5 Å². The minimum atomic E-state index is -5.02. The predicted octanol–water partition coefficient (Wildman–Crippen LogP) is 10.7. The number of rotatable bonds is 10. The highest BCUT2D eigenvalue weighted by Crippen LogP contribution is 2.44. The summed E-state index contributed by atoms with van der Waals surface area (Å²) in [7, 11) is 0. The first-order valence-corrected chi connectivity index (χ1v) is 20.3. The number of azo groups is 2. The van der Waals surface area contributed by atoms with Crippen molar-refractivity contribution in [1.82, 2.24) is 0 Å². The van der Waals surface area contributed by atoms with E-state index in [4.69, 9.17) is 18.9 Å². The van der Waals surface area contributed by atoms with Gasteiger partial charge in [-0.25, -0.2) is 0 Å². The first-order chi connectivity index (χ1) is 31.3. The monoisotopic (exact) mass is 932 g/mol. The molecule has 0 aliphatic carbocycles. The van der Waals surface area contributed by atoms with Gasteiger partial charge in [0.15, 0.2) is 11.1 Å². The summed E-state index contributed by atoms with van der Waals surface area (Å²) in [6.07, 6.45) is -9.97. The average Bonchev–Trinajstić information content (AvgIpc) is 3.31. The molecule has 0 atom stereocenters. The third kappa shape index (κ3) is 12.0. The molecule has 6 rings (SSSR count). The Morgan fingerprint density at radius 1 is 0.561 bits per heavy atom. The fraction of sp³-hybridized carbons (Fsp3) is 0.429. The number of phenols is 2. The maximum absolute atomic E-state index is 13.9. The zero-order chi connectivity index (χ0) is 47.7. The van der Waals surface area contributed by atoms with E-state index < -0.39 is 67.2 Å². The lowest BCUT2D eigenvalue weighted by atomic mass is 9.76. The zero-order valence-electron chi connectivity index (χ0n) is 34.8. The second-order valence-electron chi connectivity index (χ2n) is 15.5. The quantitative estimate of drug-likeness (QED) is 0.0501. The lowest BCUT2D eigenvalue weighted by Gasteiger charge is -2.45. The van der Waals surface area contributed by atoms with Gasteiger partial charge in [0.05, 0.1) is 96.6 Å². The minimum Gasteiger partial charge on any atom is -0.508 e. The molecule has 0 aromatic heterocycles. The van der Waals surface area contributed by atoms with Crippen LogP contribution >= 0.6 is 0 Å². The van der Waals surface area contributed by atoms with Crippen molar-refractivity contribution in [1.29, 1.82) is 0 Å². The lowest BCUT2D eigenvalue weighted by molar-refractivity contribution is -0.699. The van der Waals surface area contributed by atoms with Gasteiger partial charge in [0, 0.05) is 73.9 Å². The molecule has 0 spiro atoms. The van der Waals surface area contributed by atoms with Gasteiger partial charge in [-0.2, -0.15) is 36.6 Å². The van der Waals surface area contributed by atoms with E-state index in [1.165, 1.54) is 36.4 Å². The summed E-state index contributed by atoms with van der Waals surface area (Å²) in [4.78, 5) is 20.5. The molecule has 0 amide bonds. The smallest absolute Gasteiger partial charge is 0.418 e. The summed E-state index contributed by atoms with van der Waals surface area (Å²) in [5, 5.41) is 60.4. The molecule has 4 aromatic carbocycles. The molecule has 2 aliphatic rings. The van der Waals surface area contributed by atoms with E-state index in [-0.39, 0.29) is 125 Å². The fourth-order valence-corrected chi connectivity index (χ4v) is 7.76. The lowest BCUT2D eigenvalue weighted by Crippen LogP contribution is -2.57. The number of halogens is 6. The van der Waals surface area contributed by atoms with Gasteiger partial charge in [-0.05, 0) is 48.5 Å². The Morgan fingerprint density at radius 3 is 1.23 bits per heavy atom. The molecule has 2 heterocycles. The van der Waals surface area contributed by atoms with Crippen LogP contribution in [0, 0.1) is 20.2 Å². The molecule has 0 radical (unpaired) electrons. The topological polar surface area (TPSA) is 238 Å². The zero-order valence-corrected chi connectivity index (χ0v) is 34.8. The van der Waals surface area contributed by atoms with Crippen LogP contribution in [0.2, 0.25) is 0 Å². The summed E-state index contributed by atoms with van der Waals surface area (Å²) in [6.45, 7) is 0.919. The predicted molar refractivity (Wildman–Crippen MR) is 219 cm³/mol. The molecule has 24 heteroatoms. The molecule has 4 aromatic rings. The Balaban J connectivity index is 1.41. The number of nitro benzene ring substituents is 2. The number of hydrogen-bond acceptors (Lipinski definition) is 14. The van der Waals surface area contributed by atoms with Crippen LogP contribution in [-0.2, 0) is 44.1 Å². The highest BCUT2D eigenvalue weighted by atomic mass is 19.4. The van der Waals surface area contributed by atoms with Gasteiger partial charge in [-0.15, -0.1) is 10.2 Å². The van der Waals surface area contributed by atoms with E-state index in [0.717, 1.165) is 29.0 Å². The Kier molecular flexibility index (Phi) is 15.4. The molecule has 2 bridgehead atoms. The molecule has 0 saturated carbocycles. The van der Waals surface area contributed by atoms with Gasteiger partial charge in [0.25, 0.3) is 11.4 Å². The SMILES string of the molecule is [N-]=[N+]1C2(Cc3cc(/N=N/c4ccc([N+](=O)[O-])cc4C(F)(F)F)ccc3O)CCOCCOCCC1(Cc1cc(/N=N/c3ccc([N+](=O)[O-])cc3C(F)(F)F)ccc1O)CCOCCOCC2. The molecule has 2 fully saturated rings. The Bertz CT molecular complexity index is 2300. The van der Waals surface area contributed by atoms with E-state index in [9.17, 15) is 62.3 Å². The molecule has 66 heavy (non-hydrogen) atoms. The highest BCUT2D eigenvalue weighted by molar-refractivity contribution is 5.56. The number of fused-ring (bicyclic) bond motifs is 2. The van der Waals surface area contributed by atoms with Gasteiger partial charge in [0.2, 0.25) is 0 Å². The maximum Gasteiger partial charge on any atom is 0.418 e. The average molecular weight is 933 g/mol. The van der Waals surface area contributed by atoms with Crippen LogP contribution in [0.4, 0.5) is 60.5 Å². The number of benzene rings is 4. The van der Waals surface area contributed by atoms with Gasteiger partial charge in [0.1, 0.15) is 11.5 Å². The molecule has 2 saturated heterocycles. The van der Waals surface area contributed by atoms with Gasteiger partial charge in [-0.3, -0.25) is 20.2 Å². The van der Waals surface area contributed by atoms with Crippen LogP contribution < -0.4 is 0 Å². The number of phenolic OH excluding ortho intramolecular Hbond substituents is 2. The van der Waals surface area contributed by atoms with E-state index >= 15 is 0 Å². The first-order valence-electron chi connectivity index (χ1n) is 20.3. The maximum atomic E-state index is 13.9. The van der Waals surface area contributed by atoms with E-state index in [2.05, 4.69) is 20.5 Å². The number of nitro groups is 2. The van der Waals surface area contributed by atoms with E-state index in [1.54, 1.807) is 0 Å². The first kappa shape index (κ1) is 48.9. The van der Waals surface area contributed by atoms with Crippen LogP contribution in [0.1, 0.15) is 47.9 Å². The van der Waals surface area contributed by atoms with Gasteiger partial charge in [-0.1, -0.05) is 0 Å². The van der Waals surface area contributed by atoms with Crippen molar-refractivity contribution in [2.75, 3.05) is 52.9 Å². The summed E-state index contributed by atoms with van der Waals surface area (Å²) < 4.78 is 108. The van der Waals surface area contributed by atoms with Crippen molar-refractivity contribution in [3.05, 3.63) is 121 Å². The summed E-state index contributed by atoms with van der Waals surface area (Å²) in [6, 6.07) is 11.8. The van der Waals surface area contributed by atoms with Gasteiger partial charge < -0.3 is 39.4 Å². The third-order valence-electron chi connectivity index (χ3n) is 11.2.